The van der Waals surface area contributed by atoms with Crippen molar-refractivity contribution in [3.63, 3.8) is 0 Å². The minimum Gasteiger partial charge on any atom is -0.496 e. The van der Waals surface area contributed by atoms with E-state index in [4.69, 9.17) is 17.0 Å². The van der Waals surface area contributed by atoms with Gasteiger partial charge in [-0.05, 0) is 73.4 Å². The zero-order chi connectivity index (χ0) is 22.6. The van der Waals surface area contributed by atoms with Crippen LogP contribution < -0.4 is 15.4 Å². The van der Waals surface area contributed by atoms with E-state index in [0.29, 0.717) is 36.0 Å². The van der Waals surface area contributed by atoms with E-state index in [1.165, 1.54) is 23.5 Å². The molecule has 10 heteroatoms. The average Bonchev–Trinajstić information content (AvgIpc) is 2.74. The Balaban J connectivity index is 1.64. The van der Waals surface area contributed by atoms with Crippen molar-refractivity contribution in [2.75, 3.05) is 25.5 Å². The first-order valence-electron chi connectivity index (χ1n) is 9.77. The minimum absolute atomic E-state index is 0.0904. The molecule has 7 nitrogen and oxygen atoms in total. The topological polar surface area (TPSA) is 87.7 Å². The van der Waals surface area contributed by atoms with E-state index in [0.717, 1.165) is 17.3 Å². The highest BCUT2D eigenvalue weighted by Gasteiger charge is 2.27. The highest BCUT2D eigenvalue weighted by molar-refractivity contribution is 9.10. The third-order valence-corrected chi connectivity index (χ3v) is 7.74. The van der Waals surface area contributed by atoms with Crippen LogP contribution in [0.2, 0.25) is 0 Å². The van der Waals surface area contributed by atoms with Gasteiger partial charge in [-0.25, -0.2) is 8.42 Å². The molecule has 0 aliphatic carbocycles. The molecular weight excluding hydrogens is 502 g/mol. The van der Waals surface area contributed by atoms with Gasteiger partial charge in [-0.3, -0.25) is 10.1 Å². The van der Waals surface area contributed by atoms with Gasteiger partial charge in [0.2, 0.25) is 10.0 Å². The number of halogens is 1. The third kappa shape index (κ3) is 5.82. The Labute approximate surface area is 196 Å². The number of methoxy groups -OCH3 is 1. The van der Waals surface area contributed by atoms with Crippen LogP contribution in [0.5, 0.6) is 5.75 Å². The van der Waals surface area contributed by atoms with E-state index in [1.54, 1.807) is 30.3 Å². The van der Waals surface area contributed by atoms with Gasteiger partial charge in [0, 0.05) is 23.2 Å². The quantitative estimate of drug-likeness (QED) is 0.573. The summed E-state index contributed by atoms with van der Waals surface area (Å²) < 4.78 is 33.1. The largest absolute Gasteiger partial charge is 0.496 e. The van der Waals surface area contributed by atoms with Crippen LogP contribution in [-0.4, -0.2) is 43.9 Å². The molecule has 2 N–H and O–H groups in total. The molecule has 0 bridgehead atoms. The Bertz CT molecular complexity index is 1070. The van der Waals surface area contributed by atoms with Crippen LogP contribution in [0.4, 0.5) is 5.69 Å². The zero-order valence-electron chi connectivity index (χ0n) is 17.2. The number of sulfonamides is 1. The third-order valence-electron chi connectivity index (χ3n) is 5.13. The lowest BCUT2D eigenvalue weighted by atomic mass is 10.0. The molecule has 0 unspecified atom stereocenters. The van der Waals surface area contributed by atoms with Crippen molar-refractivity contribution in [2.45, 2.75) is 24.7 Å². The van der Waals surface area contributed by atoms with E-state index in [9.17, 15) is 13.2 Å². The Morgan fingerprint density at radius 3 is 2.42 bits per heavy atom. The summed E-state index contributed by atoms with van der Waals surface area (Å²) in [6.45, 7) is 3.22. The molecule has 0 saturated carbocycles. The van der Waals surface area contributed by atoms with Crippen LogP contribution in [0.25, 0.3) is 0 Å². The SMILES string of the molecule is COc1ccc(Br)cc1C(=O)NC(=S)Nc1ccc(S(=O)(=O)N2CCC(C)CC2)cc1. The van der Waals surface area contributed by atoms with E-state index in [1.807, 2.05) is 0 Å². The molecule has 0 aromatic heterocycles. The molecule has 166 valence electrons. The molecule has 1 saturated heterocycles. The fourth-order valence-electron chi connectivity index (χ4n) is 3.28. The lowest BCUT2D eigenvalue weighted by Gasteiger charge is -2.29. The number of carbonyl (C=O) groups is 1. The van der Waals surface area contributed by atoms with Crippen molar-refractivity contribution in [1.82, 2.24) is 9.62 Å². The summed E-state index contributed by atoms with van der Waals surface area (Å²) >= 11 is 8.55. The monoisotopic (exact) mass is 525 g/mol. The van der Waals surface area contributed by atoms with Crippen LogP contribution in [0.3, 0.4) is 0 Å². The summed E-state index contributed by atoms with van der Waals surface area (Å²) in [7, 11) is -2.03. The molecular formula is C21H24BrN3O4S2. The fraction of sp³-hybridized carbons (Fsp3) is 0.333. The van der Waals surface area contributed by atoms with Crippen molar-refractivity contribution < 1.29 is 17.9 Å². The molecule has 3 rings (SSSR count). The molecule has 2 aromatic carbocycles. The van der Waals surface area contributed by atoms with Crippen molar-refractivity contribution in [3.05, 3.63) is 52.5 Å². The van der Waals surface area contributed by atoms with Gasteiger partial charge in [0.1, 0.15) is 5.75 Å². The molecule has 1 aliphatic rings. The maximum atomic E-state index is 12.8. The number of hydrogen-bond acceptors (Lipinski definition) is 5. The van der Waals surface area contributed by atoms with Gasteiger partial charge >= 0.3 is 0 Å². The maximum Gasteiger partial charge on any atom is 0.261 e. The second kappa shape index (κ2) is 10.1. The number of ether oxygens (including phenoxy) is 1. The maximum absolute atomic E-state index is 12.8. The summed E-state index contributed by atoms with van der Waals surface area (Å²) in [5, 5.41) is 5.59. The second-order valence-electron chi connectivity index (χ2n) is 7.36. The van der Waals surface area contributed by atoms with E-state index in [2.05, 4.69) is 33.5 Å². The van der Waals surface area contributed by atoms with Crippen LogP contribution in [-0.2, 0) is 10.0 Å². The first kappa shape index (κ1) is 23.6. The minimum atomic E-state index is -3.51. The van der Waals surface area contributed by atoms with Crippen molar-refractivity contribution >= 4 is 54.9 Å². The second-order valence-corrected chi connectivity index (χ2v) is 10.6. The Kier molecular flexibility index (Phi) is 7.68. The lowest BCUT2D eigenvalue weighted by Crippen LogP contribution is -2.37. The molecule has 0 radical (unpaired) electrons. The average molecular weight is 526 g/mol. The number of anilines is 1. The number of rotatable bonds is 5. The molecule has 2 aromatic rings. The van der Waals surface area contributed by atoms with Gasteiger partial charge < -0.3 is 10.1 Å². The van der Waals surface area contributed by atoms with Gasteiger partial charge in [-0.2, -0.15) is 4.31 Å². The highest BCUT2D eigenvalue weighted by atomic mass is 79.9. The fourth-order valence-corrected chi connectivity index (χ4v) is 5.32. The molecule has 1 heterocycles. The molecule has 1 amide bonds. The predicted molar refractivity (Wildman–Crippen MR) is 128 cm³/mol. The smallest absolute Gasteiger partial charge is 0.261 e. The van der Waals surface area contributed by atoms with Crippen LogP contribution in [0.1, 0.15) is 30.1 Å². The Morgan fingerprint density at radius 1 is 1.16 bits per heavy atom. The van der Waals surface area contributed by atoms with E-state index >= 15 is 0 Å². The molecule has 31 heavy (non-hydrogen) atoms. The van der Waals surface area contributed by atoms with Crippen LogP contribution in [0.15, 0.2) is 51.8 Å². The van der Waals surface area contributed by atoms with Crippen molar-refractivity contribution in [2.24, 2.45) is 5.92 Å². The number of thiocarbonyl (C=S) groups is 1. The Hall–Kier alpha value is -2.01. The summed E-state index contributed by atoms with van der Waals surface area (Å²) in [6, 6.07) is 11.4. The van der Waals surface area contributed by atoms with E-state index in [-0.39, 0.29) is 10.0 Å². The summed E-state index contributed by atoms with van der Waals surface area (Å²) in [4.78, 5) is 12.8. The van der Waals surface area contributed by atoms with Gasteiger partial charge in [-0.1, -0.05) is 22.9 Å². The number of nitrogens with one attached hydrogen (secondary N) is 2. The molecule has 1 fully saturated rings. The van der Waals surface area contributed by atoms with Gasteiger partial charge in [-0.15, -0.1) is 0 Å². The zero-order valence-corrected chi connectivity index (χ0v) is 20.4. The van der Waals surface area contributed by atoms with Gasteiger partial charge in [0.25, 0.3) is 5.91 Å². The number of carbonyl (C=O) groups excluding carboxylic acids is 1. The normalized spacial score (nSPS) is 15.3. The number of hydrogen-bond donors (Lipinski definition) is 2. The summed E-state index contributed by atoms with van der Waals surface area (Å²) in [5.74, 6) is 0.547. The summed E-state index contributed by atoms with van der Waals surface area (Å²) in [6.07, 6.45) is 1.74. The van der Waals surface area contributed by atoms with Crippen LogP contribution in [0, 0.1) is 5.92 Å². The Morgan fingerprint density at radius 2 is 1.81 bits per heavy atom. The van der Waals surface area contributed by atoms with E-state index < -0.39 is 15.9 Å². The lowest BCUT2D eigenvalue weighted by molar-refractivity contribution is 0.0974. The highest BCUT2D eigenvalue weighted by Crippen LogP contribution is 2.25. The van der Waals surface area contributed by atoms with Crippen molar-refractivity contribution in [3.8, 4) is 5.75 Å². The van der Waals surface area contributed by atoms with Gasteiger partial charge in [0.15, 0.2) is 5.11 Å². The van der Waals surface area contributed by atoms with Crippen LogP contribution >= 0.6 is 28.1 Å². The molecule has 1 aliphatic heterocycles. The number of piperidine rings is 1. The van der Waals surface area contributed by atoms with Crippen molar-refractivity contribution in [1.29, 1.82) is 0 Å². The molecule has 0 atom stereocenters. The number of nitrogens with zero attached hydrogens (tertiary/aromatic N) is 1. The van der Waals surface area contributed by atoms with Gasteiger partial charge in [0.05, 0.1) is 17.6 Å². The number of benzene rings is 2. The molecule has 0 spiro atoms. The number of amides is 1. The standard InChI is InChI=1S/C21H24BrN3O4S2/c1-14-9-11-25(12-10-14)31(27,28)17-6-4-16(5-7-17)23-21(30)24-20(26)18-13-15(22)3-8-19(18)29-2/h3-8,13-14H,9-12H2,1-2H3,(H2,23,24,26,30). The first-order chi connectivity index (χ1) is 14.7. The first-order valence-corrected chi connectivity index (χ1v) is 12.4. The predicted octanol–water partition coefficient (Wildman–Crippen LogP) is 4.01. The summed E-state index contributed by atoms with van der Waals surface area (Å²) in [5.41, 5.74) is 0.899.